The molecule has 2 aromatic rings. The molecule has 1 aliphatic carbocycles. The fourth-order valence-electron chi connectivity index (χ4n) is 3.23. The number of alkyl halides is 5. The Labute approximate surface area is 180 Å². The summed E-state index contributed by atoms with van der Waals surface area (Å²) in [5.41, 5.74) is -2.17. The van der Waals surface area contributed by atoms with Crippen LogP contribution in [0, 0.1) is 17.1 Å². The summed E-state index contributed by atoms with van der Waals surface area (Å²) in [6.45, 7) is 0. The van der Waals surface area contributed by atoms with Crippen molar-refractivity contribution < 1.29 is 31.1 Å². The quantitative estimate of drug-likeness (QED) is 0.565. The lowest BCUT2D eigenvalue weighted by atomic mass is 9.97. The van der Waals surface area contributed by atoms with Crippen LogP contribution >= 0.6 is 0 Å². The van der Waals surface area contributed by atoms with Crippen LogP contribution in [-0.4, -0.2) is 23.7 Å². The van der Waals surface area contributed by atoms with E-state index in [1.807, 2.05) is 11.4 Å². The van der Waals surface area contributed by atoms with Crippen molar-refractivity contribution in [3.05, 3.63) is 71.5 Å². The maximum atomic E-state index is 14.9. The van der Waals surface area contributed by atoms with Crippen molar-refractivity contribution in [2.75, 3.05) is 0 Å². The predicted octanol–water partition coefficient (Wildman–Crippen LogP) is 4.74. The summed E-state index contributed by atoms with van der Waals surface area (Å²) >= 11 is 0. The standard InChI is InChI=1S/C22H19F6N3O/c23-16-8-6-14(7-9-16)18(22(26,27)28)30-17(19(32)31-20(13-29)10-11-20)12-21(24,25)15-4-2-1-3-5-15/h1-9,17-18,30H,10-12H2,(H,31,32). The normalized spacial score (nSPS) is 17.2. The van der Waals surface area contributed by atoms with E-state index in [4.69, 9.17) is 5.26 Å². The number of benzene rings is 2. The molecular weight excluding hydrogens is 436 g/mol. The number of rotatable bonds is 8. The van der Waals surface area contributed by atoms with Gasteiger partial charge in [0.05, 0.1) is 12.1 Å². The van der Waals surface area contributed by atoms with Gasteiger partial charge in [-0.1, -0.05) is 42.5 Å². The zero-order chi connectivity index (χ0) is 23.6. The van der Waals surface area contributed by atoms with Crippen LogP contribution in [0.5, 0.6) is 0 Å². The zero-order valence-corrected chi connectivity index (χ0v) is 16.6. The molecule has 1 aliphatic rings. The molecule has 0 heterocycles. The first-order chi connectivity index (χ1) is 15.0. The van der Waals surface area contributed by atoms with E-state index in [2.05, 4.69) is 5.32 Å². The van der Waals surface area contributed by atoms with Crippen molar-refractivity contribution >= 4 is 5.91 Å². The van der Waals surface area contributed by atoms with Crippen molar-refractivity contribution in [1.29, 1.82) is 5.26 Å². The first-order valence-electron chi connectivity index (χ1n) is 9.71. The van der Waals surface area contributed by atoms with Crippen LogP contribution in [0.2, 0.25) is 0 Å². The van der Waals surface area contributed by atoms with Crippen molar-refractivity contribution in [2.45, 2.75) is 49.0 Å². The molecule has 0 aliphatic heterocycles. The lowest BCUT2D eigenvalue weighted by Crippen LogP contribution is -2.53. The van der Waals surface area contributed by atoms with Gasteiger partial charge in [0.25, 0.3) is 5.92 Å². The highest BCUT2D eigenvalue weighted by molar-refractivity contribution is 5.83. The average molecular weight is 455 g/mol. The number of hydrogen-bond donors (Lipinski definition) is 2. The second-order valence-corrected chi connectivity index (χ2v) is 7.70. The number of nitriles is 1. The molecule has 0 bridgehead atoms. The molecule has 10 heteroatoms. The first-order valence-corrected chi connectivity index (χ1v) is 9.71. The molecule has 2 atom stereocenters. The summed E-state index contributed by atoms with van der Waals surface area (Å²) in [6.07, 6.45) is -5.70. The largest absolute Gasteiger partial charge is 0.407 e. The lowest BCUT2D eigenvalue weighted by molar-refractivity contribution is -0.163. The van der Waals surface area contributed by atoms with Crippen LogP contribution in [0.3, 0.4) is 0 Å². The third-order valence-corrected chi connectivity index (χ3v) is 5.20. The van der Waals surface area contributed by atoms with Crippen LogP contribution in [0.1, 0.15) is 36.4 Å². The van der Waals surface area contributed by atoms with Gasteiger partial charge in [0, 0.05) is 12.0 Å². The van der Waals surface area contributed by atoms with E-state index in [9.17, 15) is 31.1 Å². The molecule has 2 N–H and O–H groups in total. The Bertz CT molecular complexity index is 981. The summed E-state index contributed by atoms with van der Waals surface area (Å²) in [7, 11) is 0. The minimum Gasteiger partial charge on any atom is -0.336 e. The number of nitrogens with zero attached hydrogens (tertiary/aromatic N) is 1. The molecule has 1 saturated carbocycles. The van der Waals surface area contributed by atoms with Crippen LogP contribution in [0.15, 0.2) is 54.6 Å². The van der Waals surface area contributed by atoms with Gasteiger partial charge in [-0.25, -0.2) is 13.2 Å². The van der Waals surface area contributed by atoms with E-state index in [0.717, 1.165) is 36.4 Å². The second-order valence-electron chi connectivity index (χ2n) is 7.70. The van der Waals surface area contributed by atoms with E-state index in [1.54, 1.807) is 0 Å². The Morgan fingerprint density at radius 1 is 1.03 bits per heavy atom. The molecule has 0 spiro atoms. The fourth-order valence-corrected chi connectivity index (χ4v) is 3.23. The van der Waals surface area contributed by atoms with Crippen molar-refractivity contribution in [1.82, 2.24) is 10.6 Å². The fraction of sp³-hybridized carbons (Fsp3) is 0.364. The Hall–Kier alpha value is -3.06. The topological polar surface area (TPSA) is 64.9 Å². The third kappa shape index (κ3) is 5.59. The minimum absolute atomic E-state index is 0.275. The first kappa shape index (κ1) is 23.6. The monoisotopic (exact) mass is 455 g/mol. The SMILES string of the molecule is N#CC1(NC(=O)C(CC(F)(F)c2ccccc2)NC(c2ccc(F)cc2)C(F)(F)F)CC1. The van der Waals surface area contributed by atoms with E-state index in [0.29, 0.717) is 0 Å². The lowest BCUT2D eigenvalue weighted by Gasteiger charge is -2.30. The van der Waals surface area contributed by atoms with Crippen LogP contribution in [-0.2, 0) is 10.7 Å². The molecule has 2 unspecified atom stereocenters. The third-order valence-electron chi connectivity index (χ3n) is 5.20. The highest BCUT2D eigenvalue weighted by atomic mass is 19.4. The molecule has 170 valence electrons. The minimum atomic E-state index is -4.97. The molecule has 4 nitrogen and oxygen atoms in total. The van der Waals surface area contributed by atoms with E-state index < -0.39 is 59.0 Å². The number of hydrogen-bond acceptors (Lipinski definition) is 3. The Kier molecular flexibility index (Phi) is 6.51. The highest BCUT2D eigenvalue weighted by Gasteiger charge is 2.49. The molecular formula is C22H19F6N3O. The highest BCUT2D eigenvalue weighted by Crippen LogP contribution is 2.38. The van der Waals surface area contributed by atoms with Gasteiger partial charge in [0.2, 0.25) is 5.91 Å². The van der Waals surface area contributed by atoms with Crippen LogP contribution in [0.25, 0.3) is 0 Å². The van der Waals surface area contributed by atoms with Crippen molar-refractivity contribution in [3.63, 3.8) is 0 Å². The summed E-state index contributed by atoms with van der Waals surface area (Å²) in [5, 5.41) is 13.4. The number of carbonyl (C=O) groups excluding carboxylic acids is 1. The zero-order valence-electron chi connectivity index (χ0n) is 16.6. The van der Waals surface area contributed by atoms with Gasteiger partial charge in [-0.3, -0.25) is 10.1 Å². The van der Waals surface area contributed by atoms with Crippen molar-refractivity contribution in [2.24, 2.45) is 0 Å². The number of nitrogens with one attached hydrogen (secondary N) is 2. The Balaban J connectivity index is 1.92. The molecule has 0 saturated heterocycles. The van der Waals surface area contributed by atoms with E-state index >= 15 is 0 Å². The van der Waals surface area contributed by atoms with E-state index in [-0.39, 0.29) is 12.8 Å². The summed E-state index contributed by atoms with van der Waals surface area (Å²) in [4.78, 5) is 12.7. The average Bonchev–Trinajstić information content (AvgIpc) is 3.51. The summed E-state index contributed by atoms with van der Waals surface area (Å²) in [5.74, 6) is -5.56. The van der Waals surface area contributed by atoms with Gasteiger partial charge in [0.15, 0.2) is 0 Å². The second kappa shape index (κ2) is 8.82. The van der Waals surface area contributed by atoms with Gasteiger partial charge in [-0.2, -0.15) is 18.4 Å². The Morgan fingerprint density at radius 3 is 2.12 bits per heavy atom. The van der Waals surface area contributed by atoms with Gasteiger partial charge >= 0.3 is 6.18 Å². The predicted molar refractivity (Wildman–Crippen MR) is 103 cm³/mol. The van der Waals surface area contributed by atoms with E-state index in [1.165, 1.54) is 18.2 Å². The van der Waals surface area contributed by atoms with Gasteiger partial charge in [0.1, 0.15) is 17.4 Å². The number of carbonyl (C=O) groups is 1. The molecule has 2 aromatic carbocycles. The molecule has 3 rings (SSSR count). The maximum absolute atomic E-state index is 14.9. The molecule has 0 aromatic heterocycles. The van der Waals surface area contributed by atoms with Crippen LogP contribution in [0.4, 0.5) is 26.3 Å². The summed E-state index contributed by atoms with van der Waals surface area (Å²) in [6, 6.07) is 7.07. The molecule has 1 amide bonds. The van der Waals surface area contributed by atoms with Gasteiger partial charge < -0.3 is 5.32 Å². The maximum Gasteiger partial charge on any atom is 0.407 e. The van der Waals surface area contributed by atoms with Crippen molar-refractivity contribution in [3.8, 4) is 6.07 Å². The molecule has 0 radical (unpaired) electrons. The number of halogens is 6. The summed E-state index contributed by atoms with van der Waals surface area (Å²) < 4.78 is 84.3. The van der Waals surface area contributed by atoms with Gasteiger partial charge in [-0.05, 0) is 30.5 Å². The van der Waals surface area contributed by atoms with Gasteiger partial charge in [-0.15, -0.1) is 0 Å². The Morgan fingerprint density at radius 2 is 1.62 bits per heavy atom. The molecule has 1 fully saturated rings. The number of amides is 1. The van der Waals surface area contributed by atoms with Crippen LogP contribution < -0.4 is 10.6 Å². The molecule has 32 heavy (non-hydrogen) atoms. The smallest absolute Gasteiger partial charge is 0.336 e.